The largest absolute Gasteiger partial charge is 0.323 e. The molecular weight excluding hydrogens is 456 g/mol. The number of amides is 2. The van der Waals surface area contributed by atoms with Gasteiger partial charge in [-0.2, -0.15) is 11.8 Å². The number of thioether (sulfide) groups is 1. The predicted molar refractivity (Wildman–Crippen MR) is 132 cm³/mol. The molecule has 3 aromatic rings. The number of likely N-dealkylation sites (tertiary alicyclic amines) is 1. The zero-order chi connectivity index (χ0) is 22.4. The predicted octanol–water partition coefficient (Wildman–Crippen LogP) is 3.87. The van der Waals surface area contributed by atoms with Crippen molar-refractivity contribution in [2.75, 3.05) is 37.7 Å². The van der Waals surface area contributed by atoms with E-state index in [0.29, 0.717) is 22.9 Å². The maximum Gasteiger partial charge on any atom is 0.320 e. The number of hydrogen-bond donors (Lipinski definition) is 0. The van der Waals surface area contributed by atoms with Gasteiger partial charge in [-0.3, -0.25) is 9.30 Å². The number of imidazole rings is 1. The van der Waals surface area contributed by atoms with Crippen LogP contribution in [0.1, 0.15) is 18.5 Å². The molecule has 3 fully saturated rings. The van der Waals surface area contributed by atoms with Crippen LogP contribution in [0.2, 0.25) is 5.02 Å². The minimum Gasteiger partial charge on any atom is -0.323 e. The molecule has 2 bridgehead atoms. The third kappa shape index (κ3) is 3.98. The highest BCUT2D eigenvalue weighted by molar-refractivity contribution is 7.99. The first-order valence-corrected chi connectivity index (χ1v) is 13.2. The number of aromatic nitrogens is 3. The molecule has 0 saturated carbocycles. The summed E-state index contributed by atoms with van der Waals surface area (Å²) in [5.74, 6) is 2.81. The van der Waals surface area contributed by atoms with Gasteiger partial charge in [0, 0.05) is 79.3 Å². The summed E-state index contributed by atoms with van der Waals surface area (Å²) >= 11 is 8.07. The van der Waals surface area contributed by atoms with E-state index in [0.717, 1.165) is 74.0 Å². The van der Waals surface area contributed by atoms with Gasteiger partial charge < -0.3 is 9.80 Å². The number of halogens is 1. The molecule has 33 heavy (non-hydrogen) atoms. The maximum absolute atomic E-state index is 13.3. The first kappa shape index (κ1) is 21.3. The molecule has 2 unspecified atom stereocenters. The average Bonchev–Trinajstić information content (AvgIpc) is 3.34. The topological polar surface area (TPSA) is 57.0 Å². The number of fused-ring (bicyclic) bond motifs is 3. The molecule has 6 rings (SSSR count). The summed E-state index contributed by atoms with van der Waals surface area (Å²) in [6.45, 7) is 4.34. The van der Waals surface area contributed by atoms with Gasteiger partial charge in [-0.25, -0.2) is 14.8 Å². The van der Waals surface area contributed by atoms with Crippen molar-refractivity contribution >= 4 is 35.2 Å². The molecule has 1 aromatic carbocycles. The van der Waals surface area contributed by atoms with Gasteiger partial charge in [-0.15, -0.1) is 0 Å². The zero-order valence-electron chi connectivity index (χ0n) is 18.4. The Balaban J connectivity index is 1.25. The van der Waals surface area contributed by atoms with Crippen molar-refractivity contribution in [1.82, 2.24) is 29.1 Å². The second-order valence-corrected chi connectivity index (χ2v) is 10.7. The van der Waals surface area contributed by atoms with Crippen molar-refractivity contribution in [2.45, 2.75) is 31.5 Å². The molecule has 0 aliphatic carbocycles. The molecule has 2 atom stereocenters. The van der Waals surface area contributed by atoms with Gasteiger partial charge in [0.15, 0.2) is 0 Å². The van der Waals surface area contributed by atoms with Crippen molar-refractivity contribution < 1.29 is 4.79 Å². The highest BCUT2D eigenvalue weighted by Crippen LogP contribution is 2.34. The van der Waals surface area contributed by atoms with Gasteiger partial charge in [0.2, 0.25) is 5.78 Å². The lowest BCUT2D eigenvalue weighted by Crippen LogP contribution is -2.59. The van der Waals surface area contributed by atoms with Crippen molar-refractivity contribution in [3.05, 3.63) is 53.4 Å². The lowest BCUT2D eigenvalue weighted by Gasteiger charge is -2.43. The van der Waals surface area contributed by atoms with Gasteiger partial charge in [0.25, 0.3) is 0 Å². The van der Waals surface area contributed by atoms with E-state index in [4.69, 9.17) is 16.6 Å². The van der Waals surface area contributed by atoms with Crippen LogP contribution < -0.4 is 0 Å². The minimum absolute atomic E-state index is 0.253. The van der Waals surface area contributed by atoms with Crippen LogP contribution in [-0.2, 0) is 6.54 Å². The number of piperazine rings is 1. The van der Waals surface area contributed by atoms with E-state index in [9.17, 15) is 4.79 Å². The van der Waals surface area contributed by atoms with E-state index in [2.05, 4.69) is 24.1 Å². The summed E-state index contributed by atoms with van der Waals surface area (Å²) in [5, 5.41) is 0.715. The highest BCUT2D eigenvalue weighted by Gasteiger charge is 2.44. The standard InChI is InChI=1S/C24H27ClN6OS/c25-18-4-2-17(3-5-18)22-21(30-9-1-8-26-23(30)27-22)16-28-14-19-6-7-20(15-28)31(19)24(32)29-10-12-33-13-11-29/h1-5,8-9,19-20H,6-7,10-16H2. The molecule has 9 heteroatoms. The Morgan fingerprint density at radius 3 is 2.55 bits per heavy atom. The molecule has 7 nitrogen and oxygen atoms in total. The first-order valence-electron chi connectivity index (χ1n) is 11.6. The molecule has 2 aromatic heterocycles. The highest BCUT2D eigenvalue weighted by atomic mass is 35.5. The lowest BCUT2D eigenvalue weighted by atomic mass is 10.1. The van der Waals surface area contributed by atoms with E-state index in [1.165, 1.54) is 0 Å². The third-order valence-corrected chi connectivity index (χ3v) is 8.25. The number of nitrogens with zero attached hydrogens (tertiary/aromatic N) is 6. The van der Waals surface area contributed by atoms with Gasteiger partial charge in [0.1, 0.15) is 0 Å². The van der Waals surface area contributed by atoms with Crippen molar-refractivity contribution in [3.63, 3.8) is 0 Å². The van der Waals surface area contributed by atoms with Gasteiger partial charge in [0.05, 0.1) is 11.4 Å². The third-order valence-electron chi connectivity index (χ3n) is 7.05. The summed E-state index contributed by atoms with van der Waals surface area (Å²) in [6, 6.07) is 10.6. The second kappa shape index (κ2) is 8.81. The molecule has 172 valence electrons. The fourth-order valence-electron chi connectivity index (χ4n) is 5.49. The van der Waals surface area contributed by atoms with Crippen LogP contribution in [0.25, 0.3) is 17.0 Å². The summed E-state index contributed by atoms with van der Waals surface area (Å²) in [7, 11) is 0. The molecular formula is C24H27ClN6OS. The fraction of sp³-hybridized carbons (Fsp3) is 0.458. The van der Waals surface area contributed by atoms with E-state index >= 15 is 0 Å². The maximum atomic E-state index is 13.3. The normalized spacial score (nSPS) is 23.4. The van der Waals surface area contributed by atoms with E-state index < -0.39 is 0 Å². The Hall–Kier alpha value is -2.29. The molecule has 0 radical (unpaired) electrons. The smallest absolute Gasteiger partial charge is 0.320 e. The number of carbonyl (C=O) groups is 1. The number of urea groups is 1. The number of hydrogen-bond acceptors (Lipinski definition) is 5. The Labute approximate surface area is 202 Å². The van der Waals surface area contributed by atoms with E-state index in [-0.39, 0.29) is 6.03 Å². The Bertz CT molecular complexity index is 1150. The Morgan fingerprint density at radius 1 is 1.09 bits per heavy atom. The van der Waals surface area contributed by atoms with Crippen LogP contribution in [0.3, 0.4) is 0 Å². The number of carbonyl (C=O) groups excluding carboxylic acids is 1. The van der Waals surface area contributed by atoms with Gasteiger partial charge >= 0.3 is 6.03 Å². The summed E-state index contributed by atoms with van der Waals surface area (Å²) in [6.07, 6.45) is 6.00. The summed E-state index contributed by atoms with van der Waals surface area (Å²) < 4.78 is 2.09. The van der Waals surface area contributed by atoms with Crippen molar-refractivity contribution in [2.24, 2.45) is 0 Å². The van der Waals surface area contributed by atoms with E-state index in [1.54, 1.807) is 6.20 Å². The monoisotopic (exact) mass is 482 g/mol. The SMILES string of the molecule is O=C(N1CCSCC1)N1C2CCC1CN(Cc1c(-c3ccc(Cl)cc3)nc3ncccn13)C2. The van der Waals surface area contributed by atoms with Crippen LogP contribution >= 0.6 is 23.4 Å². The quantitative estimate of drug-likeness (QED) is 0.567. The Morgan fingerprint density at radius 2 is 1.82 bits per heavy atom. The molecule has 0 spiro atoms. The number of rotatable bonds is 3. The summed E-state index contributed by atoms with van der Waals surface area (Å²) in [4.78, 5) is 29.3. The summed E-state index contributed by atoms with van der Waals surface area (Å²) in [5.41, 5.74) is 3.12. The Kier molecular flexibility index (Phi) is 5.68. The van der Waals surface area contributed by atoms with Crippen molar-refractivity contribution in [3.8, 4) is 11.3 Å². The van der Waals surface area contributed by atoms with E-state index in [1.807, 2.05) is 48.3 Å². The van der Waals surface area contributed by atoms with Crippen LogP contribution in [0.5, 0.6) is 0 Å². The molecule has 0 N–H and O–H groups in total. The van der Waals surface area contributed by atoms with Gasteiger partial charge in [-0.05, 0) is 31.0 Å². The first-order chi connectivity index (χ1) is 16.2. The second-order valence-electron chi connectivity index (χ2n) is 9.07. The average molecular weight is 483 g/mol. The van der Waals surface area contributed by atoms with Crippen molar-refractivity contribution in [1.29, 1.82) is 0 Å². The molecule has 2 amide bonds. The molecule has 3 saturated heterocycles. The lowest BCUT2D eigenvalue weighted by molar-refractivity contribution is 0.0665. The number of benzene rings is 1. The van der Waals surface area contributed by atoms with Crippen LogP contribution in [0.15, 0.2) is 42.7 Å². The molecule has 3 aliphatic rings. The van der Waals surface area contributed by atoms with Crippen LogP contribution in [0, 0.1) is 0 Å². The van der Waals surface area contributed by atoms with Crippen LogP contribution in [0.4, 0.5) is 4.79 Å². The molecule has 5 heterocycles. The fourth-order valence-corrected chi connectivity index (χ4v) is 6.52. The zero-order valence-corrected chi connectivity index (χ0v) is 20.0. The van der Waals surface area contributed by atoms with Crippen LogP contribution in [-0.4, -0.2) is 84.9 Å². The van der Waals surface area contributed by atoms with Gasteiger partial charge in [-0.1, -0.05) is 23.7 Å². The minimum atomic E-state index is 0.253. The molecule has 3 aliphatic heterocycles.